The second-order valence-electron chi connectivity index (χ2n) is 10.5. The van der Waals surface area contributed by atoms with E-state index in [9.17, 15) is 14.0 Å². The maximum atomic E-state index is 13.9. The number of ether oxygens (including phenoxy) is 2. The highest BCUT2D eigenvalue weighted by atomic mass is 35.5. The third-order valence-corrected chi connectivity index (χ3v) is 7.74. The lowest BCUT2D eigenvalue weighted by molar-refractivity contribution is -0.144. The molecule has 0 atom stereocenters. The Balaban J connectivity index is 1.47. The number of halogens is 2. The Morgan fingerprint density at radius 3 is 2.44 bits per heavy atom. The first-order valence-corrected chi connectivity index (χ1v) is 14.6. The second-order valence-corrected chi connectivity index (χ2v) is 10.9. The zero-order valence-corrected chi connectivity index (χ0v) is 24.4. The van der Waals surface area contributed by atoms with Crippen molar-refractivity contribution in [3.8, 4) is 5.75 Å². The van der Waals surface area contributed by atoms with E-state index in [0.717, 1.165) is 36.9 Å². The molecule has 1 fully saturated rings. The second kappa shape index (κ2) is 15.6. The average Bonchev–Trinajstić information content (AvgIpc) is 3.43. The minimum atomic E-state index is -0.265. The number of aromatic nitrogens is 1. The summed E-state index contributed by atoms with van der Waals surface area (Å²) in [6.07, 6.45) is 7.82. The summed E-state index contributed by atoms with van der Waals surface area (Å²) in [5, 5.41) is 0.585. The van der Waals surface area contributed by atoms with E-state index in [1.54, 1.807) is 48.4 Å². The standard InChI is InChI=1S/C32H39ClFN3O4/c1-40-20-6-19-36(32(39)24-41-30-16-12-26(33)13-17-30)23-31(38)37(28-7-3-2-4-8-28)22-29-9-5-18-35(29)21-25-10-14-27(34)15-11-25/h5,9-18,28H,2-4,6-8,19-24H2,1H3. The van der Waals surface area contributed by atoms with E-state index in [1.807, 2.05) is 23.2 Å². The Bertz CT molecular complexity index is 1240. The van der Waals surface area contributed by atoms with Crippen molar-refractivity contribution in [1.29, 1.82) is 0 Å². The summed E-state index contributed by atoms with van der Waals surface area (Å²) in [4.78, 5) is 30.7. The molecule has 1 aliphatic carbocycles. The van der Waals surface area contributed by atoms with Crippen molar-refractivity contribution in [2.24, 2.45) is 0 Å². The van der Waals surface area contributed by atoms with Gasteiger partial charge in [-0.05, 0) is 73.4 Å². The van der Waals surface area contributed by atoms with Gasteiger partial charge in [-0.2, -0.15) is 0 Å². The van der Waals surface area contributed by atoms with Crippen molar-refractivity contribution in [2.45, 2.75) is 57.7 Å². The summed E-state index contributed by atoms with van der Waals surface area (Å²) in [6.45, 7) is 1.70. The highest BCUT2D eigenvalue weighted by molar-refractivity contribution is 6.30. The van der Waals surface area contributed by atoms with Gasteiger partial charge in [0.15, 0.2) is 6.61 Å². The van der Waals surface area contributed by atoms with E-state index < -0.39 is 0 Å². The SMILES string of the molecule is COCCCN(CC(=O)N(Cc1cccn1Cc1ccc(F)cc1)C1CCCCC1)C(=O)COc1ccc(Cl)cc1. The van der Waals surface area contributed by atoms with Crippen molar-refractivity contribution in [3.63, 3.8) is 0 Å². The Hall–Kier alpha value is -3.36. The predicted molar refractivity (Wildman–Crippen MR) is 157 cm³/mol. The van der Waals surface area contributed by atoms with Crippen LogP contribution in [-0.4, -0.2) is 65.6 Å². The Labute approximate surface area is 246 Å². The maximum absolute atomic E-state index is 13.9. The molecule has 1 saturated carbocycles. The van der Waals surface area contributed by atoms with Crippen LogP contribution in [0.1, 0.15) is 49.8 Å². The number of carbonyl (C=O) groups excluding carboxylic acids is 2. The number of methoxy groups -OCH3 is 1. The molecule has 4 rings (SSSR count). The number of carbonyl (C=O) groups is 2. The first-order chi connectivity index (χ1) is 19.9. The number of nitrogens with zero attached hydrogens (tertiary/aromatic N) is 3. The third-order valence-electron chi connectivity index (χ3n) is 7.49. The van der Waals surface area contributed by atoms with Crippen molar-refractivity contribution in [2.75, 3.05) is 33.4 Å². The molecule has 0 aliphatic heterocycles. The van der Waals surface area contributed by atoms with Crippen LogP contribution in [0.2, 0.25) is 5.02 Å². The lowest BCUT2D eigenvalue weighted by atomic mass is 9.94. The molecule has 0 spiro atoms. The molecule has 41 heavy (non-hydrogen) atoms. The van der Waals surface area contributed by atoms with Crippen LogP contribution in [0.4, 0.5) is 4.39 Å². The summed E-state index contributed by atoms with van der Waals surface area (Å²) in [5.74, 6) is -0.0632. The fraction of sp³-hybridized carbons (Fsp3) is 0.438. The molecule has 9 heteroatoms. The number of hydrogen-bond acceptors (Lipinski definition) is 4. The van der Waals surface area contributed by atoms with Crippen molar-refractivity contribution >= 4 is 23.4 Å². The first-order valence-electron chi connectivity index (χ1n) is 14.3. The molecular formula is C32H39ClFN3O4. The van der Waals surface area contributed by atoms with Crippen LogP contribution >= 0.6 is 11.6 Å². The summed E-state index contributed by atoms with van der Waals surface area (Å²) >= 11 is 5.95. The smallest absolute Gasteiger partial charge is 0.260 e. The van der Waals surface area contributed by atoms with Gasteiger partial charge in [0.2, 0.25) is 5.91 Å². The molecule has 220 valence electrons. The summed E-state index contributed by atoms with van der Waals surface area (Å²) in [5.41, 5.74) is 1.98. The molecule has 2 amide bonds. The quantitative estimate of drug-likeness (QED) is 0.221. The molecule has 0 unspecified atom stereocenters. The Morgan fingerprint density at radius 2 is 1.73 bits per heavy atom. The number of benzene rings is 2. The Morgan fingerprint density at radius 1 is 1.00 bits per heavy atom. The fourth-order valence-corrected chi connectivity index (χ4v) is 5.36. The molecule has 0 bridgehead atoms. The van der Waals surface area contributed by atoms with Crippen LogP contribution in [0.3, 0.4) is 0 Å². The van der Waals surface area contributed by atoms with Crippen LogP contribution in [0.15, 0.2) is 66.9 Å². The Kier molecular flexibility index (Phi) is 11.6. The lowest BCUT2D eigenvalue weighted by Gasteiger charge is -2.36. The molecule has 2 aromatic carbocycles. The highest BCUT2D eigenvalue weighted by Gasteiger charge is 2.29. The molecule has 0 radical (unpaired) electrons. The van der Waals surface area contributed by atoms with Crippen LogP contribution in [0.25, 0.3) is 0 Å². The molecule has 0 saturated heterocycles. The topological polar surface area (TPSA) is 64.0 Å². The lowest BCUT2D eigenvalue weighted by Crippen LogP contribution is -2.48. The van der Waals surface area contributed by atoms with Gasteiger partial charge in [-0.1, -0.05) is 43.0 Å². The molecule has 3 aromatic rings. The minimum Gasteiger partial charge on any atom is -0.484 e. The van der Waals surface area contributed by atoms with Gasteiger partial charge in [-0.25, -0.2) is 4.39 Å². The van der Waals surface area contributed by atoms with Crippen molar-refractivity contribution < 1.29 is 23.5 Å². The molecular weight excluding hydrogens is 545 g/mol. The summed E-state index contributed by atoms with van der Waals surface area (Å²) in [7, 11) is 1.62. The van der Waals surface area contributed by atoms with Crippen LogP contribution < -0.4 is 4.74 Å². The normalized spacial score (nSPS) is 13.6. The average molecular weight is 584 g/mol. The van der Waals surface area contributed by atoms with Gasteiger partial charge in [0.1, 0.15) is 11.6 Å². The van der Waals surface area contributed by atoms with Crippen LogP contribution in [-0.2, 0) is 27.4 Å². The largest absolute Gasteiger partial charge is 0.484 e. The van der Waals surface area contributed by atoms with E-state index in [0.29, 0.717) is 43.4 Å². The highest BCUT2D eigenvalue weighted by Crippen LogP contribution is 2.25. The zero-order valence-electron chi connectivity index (χ0n) is 23.6. The van der Waals surface area contributed by atoms with Crippen LogP contribution in [0, 0.1) is 5.82 Å². The van der Waals surface area contributed by atoms with Crippen molar-refractivity contribution in [1.82, 2.24) is 14.4 Å². The van der Waals surface area contributed by atoms with E-state index in [1.165, 1.54) is 18.6 Å². The van der Waals surface area contributed by atoms with E-state index >= 15 is 0 Å². The van der Waals surface area contributed by atoms with Gasteiger partial charge in [-0.3, -0.25) is 9.59 Å². The monoisotopic (exact) mass is 583 g/mol. The molecule has 0 N–H and O–H groups in total. The van der Waals surface area contributed by atoms with E-state index in [-0.39, 0.29) is 36.8 Å². The van der Waals surface area contributed by atoms with Gasteiger partial charge in [0, 0.05) is 49.8 Å². The maximum Gasteiger partial charge on any atom is 0.260 e. The van der Waals surface area contributed by atoms with Gasteiger partial charge in [-0.15, -0.1) is 0 Å². The van der Waals surface area contributed by atoms with Gasteiger partial charge in [0.25, 0.3) is 5.91 Å². The molecule has 1 aliphatic rings. The van der Waals surface area contributed by atoms with Gasteiger partial charge in [0.05, 0.1) is 13.1 Å². The predicted octanol–water partition coefficient (Wildman–Crippen LogP) is 5.93. The van der Waals surface area contributed by atoms with E-state index in [2.05, 4.69) is 4.57 Å². The molecule has 1 aromatic heterocycles. The van der Waals surface area contributed by atoms with E-state index in [4.69, 9.17) is 21.1 Å². The van der Waals surface area contributed by atoms with Gasteiger partial charge >= 0.3 is 0 Å². The van der Waals surface area contributed by atoms with Crippen molar-refractivity contribution in [3.05, 3.63) is 89.0 Å². The zero-order chi connectivity index (χ0) is 29.0. The minimum absolute atomic E-state index is 0.0261. The number of rotatable bonds is 14. The summed E-state index contributed by atoms with van der Waals surface area (Å²) < 4.78 is 26.4. The molecule has 7 nitrogen and oxygen atoms in total. The van der Waals surface area contributed by atoms with Gasteiger partial charge < -0.3 is 23.8 Å². The molecule has 1 heterocycles. The fourth-order valence-electron chi connectivity index (χ4n) is 5.23. The number of amides is 2. The third kappa shape index (κ3) is 9.33. The summed E-state index contributed by atoms with van der Waals surface area (Å²) in [6, 6.07) is 17.4. The first kappa shape index (κ1) is 30.6. The van der Waals surface area contributed by atoms with Crippen LogP contribution in [0.5, 0.6) is 5.75 Å². The number of hydrogen-bond donors (Lipinski definition) is 0.